The van der Waals surface area contributed by atoms with E-state index in [-0.39, 0.29) is 12.0 Å². The largest absolute Gasteiger partial charge is 0.467 e. The normalized spacial score (nSPS) is 16.3. The lowest BCUT2D eigenvalue weighted by molar-refractivity contribution is 0.131. The van der Waals surface area contributed by atoms with E-state index in [9.17, 15) is 0 Å². The molecule has 0 spiro atoms. The quantitative estimate of drug-likeness (QED) is 0.427. The molecule has 1 fully saturated rings. The van der Waals surface area contributed by atoms with E-state index in [2.05, 4.69) is 50.9 Å². The zero-order valence-electron chi connectivity index (χ0n) is 17.7. The topological polar surface area (TPSA) is 103 Å². The van der Waals surface area contributed by atoms with Crippen molar-refractivity contribution in [2.75, 3.05) is 18.0 Å². The summed E-state index contributed by atoms with van der Waals surface area (Å²) in [5.74, 6) is 1.46. The van der Waals surface area contributed by atoms with Gasteiger partial charge in [-0.25, -0.2) is 9.97 Å². The Balaban J connectivity index is 1.21. The number of fused-ring (bicyclic) bond motifs is 1. The minimum absolute atomic E-state index is 0.0640. The van der Waals surface area contributed by atoms with Gasteiger partial charge in [-0.2, -0.15) is 4.98 Å². The van der Waals surface area contributed by atoms with Crippen LogP contribution in [-0.2, 0) is 0 Å². The number of pyridine rings is 1. The van der Waals surface area contributed by atoms with E-state index >= 15 is 0 Å². The molecule has 0 aromatic carbocycles. The SMILES string of the molecule is CC(C)c1noc(N2CCC(C(C)Oc3nc4ccc(-c5cnoc5)nc4s3)CC2)n1. The lowest BCUT2D eigenvalue weighted by Crippen LogP contribution is -2.38. The molecular weight excluding hydrogens is 416 g/mol. The van der Waals surface area contributed by atoms with E-state index in [4.69, 9.17) is 13.8 Å². The highest BCUT2D eigenvalue weighted by Crippen LogP contribution is 2.32. The molecule has 0 aliphatic carbocycles. The van der Waals surface area contributed by atoms with Gasteiger partial charge in [-0.3, -0.25) is 0 Å². The summed E-state index contributed by atoms with van der Waals surface area (Å²) in [6, 6.07) is 4.49. The number of thiazole rings is 1. The summed E-state index contributed by atoms with van der Waals surface area (Å²) >= 11 is 1.46. The van der Waals surface area contributed by atoms with Crippen LogP contribution in [0.4, 0.5) is 6.01 Å². The van der Waals surface area contributed by atoms with Gasteiger partial charge in [0.25, 0.3) is 5.19 Å². The van der Waals surface area contributed by atoms with Gasteiger partial charge in [0.2, 0.25) is 0 Å². The Morgan fingerprint density at radius 3 is 2.68 bits per heavy atom. The zero-order chi connectivity index (χ0) is 21.4. The second-order valence-electron chi connectivity index (χ2n) is 8.15. The smallest absolute Gasteiger partial charge is 0.324 e. The van der Waals surface area contributed by atoms with Crippen LogP contribution in [0.15, 0.2) is 33.6 Å². The molecule has 162 valence electrons. The van der Waals surface area contributed by atoms with Crippen molar-refractivity contribution in [1.82, 2.24) is 25.3 Å². The molecule has 31 heavy (non-hydrogen) atoms. The van der Waals surface area contributed by atoms with Crippen molar-refractivity contribution in [2.24, 2.45) is 5.92 Å². The second kappa shape index (κ2) is 8.26. The average Bonchev–Trinajstić information content (AvgIpc) is 3.53. The van der Waals surface area contributed by atoms with E-state index in [1.807, 2.05) is 12.1 Å². The standard InChI is InChI=1S/C21H24N6O3S/c1-12(2)18-25-20(30-26-18)27-8-6-14(7-9-27)13(3)29-21-24-17-5-4-16(23-19(17)31-21)15-10-22-28-11-15/h4-5,10-14H,6-9H2,1-3H3. The van der Waals surface area contributed by atoms with E-state index < -0.39 is 0 Å². The first kappa shape index (κ1) is 19.9. The first-order valence-corrected chi connectivity index (χ1v) is 11.3. The Hall–Kier alpha value is -3.01. The predicted molar refractivity (Wildman–Crippen MR) is 116 cm³/mol. The van der Waals surface area contributed by atoms with Gasteiger partial charge in [0, 0.05) is 19.0 Å². The first-order valence-electron chi connectivity index (χ1n) is 10.5. The summed E-state index contributed by atoms with van der Waals surface area (Å²) in [7, 11) is 0. The Morgan fingerprint density at radius 2 is 1.97 bits per heavy atom. The number of aromatic nitrogens is 5. The van der Waals surface area contributed by atoms with Crippen LogP contribution in [0.2, 0.25) is 0 Å². The van der Waals surface area contributed by atoms with Gasteiger partial charge in [-0.05, 0) is 37.8 Å². The summed E-state index contributed by atoms with van der Waals surface area (Å²) in [5.41, 5.74) is 2.49. The molecule has 1 atom stereocenters. The van der Waals surface area contributed by atoms with Gasteiger partial charge in [0.15, 0.2) is 5.82 Å². The molecule has 0 amide bonds. The fraction of sp³-hybridized carbons (Fsp3) is 0.476. The molecule has 1 aliphatic rings. The molecule has 9 nitrogen and oxygen atoms in total. The lowest BCUT2D eigenvalue weighted by Gasteiger charge is -2.33. The monoisotopic (exact) mass is 440 g/mol. The molecule has 0 N–H and O–H groups in total. The highest BCUT2D eigenvalue weighted by Gasteiger charge is 2.28. The van der Waals surface area contributed by atoms with Crippen LogP contribution in [0.3, 0.4) is 0 Å². The van der Waals surface area contributed by atoms with Crippen LogP contribution in [0.25, 0.3) is 21.6 Å². The summed E-state index contributed by atoms with van der Waals surface area (Å²) in [6.45, 7) is 8.00. The number of anilines is 1. The van der Waals surface area contributed by atoms with Crippen molar-refractivity contribution in [1.29, 1.82) is 0 Å². The van der Waals surface area contributed by atoms with Gasteiger partial charge in [-0.1, -0.05) is 35.5 Å². The van der Waals surface area contributed by atoms with Crippen molar-refractivity contribution >= 4 is 27.7 Å². The molecule has 4 aromatic rings. The molecule has 1 unspecified atom stereocenters. The Kier molecular flexibility index (Phi) is 5.31. The van der Waals surface area contributed by atoms with Crippen molar-refractivity contribution < 1.29 is 13.8 Å². The van der Waals surface area contributed by atoms with Gasteiger partial charge >= 0.3 is 6.01 Å². The van der Waals surface area contributed by atoms with Gasteiger partial charge in [-0.15, -0.1) is 0 Å². The molecule has 5 rings (SSSR count). The number of piperidine rings is 1. The van der Waals surface area contributed by atoms with Crippen LogP contribution >= 0.6 is 11.3 Å². The van der Waals surface area contributed by atoms with Crippen LogP contribution in [0, 0.1) is 5.92 Å². The molecule has 5 heterocycles. The highest BCUT2D eigenvalue weighted by atomic mass is 32.1. The van der Waals surface area contributed by atoms with E-state index in [1.165, 1.54) is 11.3 Å². The van der Waals surface area contributed by atoms with Crippen LogP contribution in [-0.4, -0.2) is 44.5 Å². The summed E-state index contributed by atoms with van der Waals surface area (Å²) in [5, 5.41) is 8.46. The zero-order valence-corrected chi connectivity index (χ0v) is 18.5. The van der Waals surface area contributed by atoms with Crippen molar-refractivity contribution in [2.45, 2.75) is 45.6 Å². The molecule has 0 radical (unpaired) electrons. The number of hydrogen-bond donors (Lipinski definition) is 0. The number of nitrogens with zero attached hydrogens (tertiary/aromatic N) is 6. The van der Waals surface area contributed by atoms with Gasteiger partial charge in [0.1, 0.15) is 22.7 Å². The van der Waals surface area contributed by atoms with Crippen molar-refractivity contribution in [3.63, 3.8) is 0 Å². The third kappa shape index (κ3) is 4.12. The molecule has 0 bridgehead atoms. The van der Waals surface area contributed by atoms with Crippen LogP contribution < -0.4 is 9.64 Å². The van der Waals surface area contributed by atoms with Gasteiger partial charge in [0.05, 0.1) is 17.5 Å². The first-order chi connectivity index (χ1) is 15.1. The molecule has 4 aromatic heterocycles. The molecule has 1 aliphatic heterocycles. The van der Waals surface area contributed by atoms with Gasteiger partial charge < -0.3 is 18.7 Å². The molecule has 10 heteroatoms. The third-order valence-electron chi connectivity index (χ3n) is 5.67. The van der Waals surface area contributed by atoms with Crippen molar-refractivity contribution in [3.05, 3.63) is 30.4 Å². The minimum atomic E-state index is 0.0640. The fourth-order valence-electron chi connectivity index (χ4n) is 3.74. The third-order valence-corrected chi connectivity index (χ3v) is 6.53. The maximum atomic E-state index is 6.21. The predicted octanol–water partition coefficient (Wildman–Crippen LogP) is 4.54. The second-order valence-corrected chi connectivity index (χ2v) is 9.09. The minimum Gasteiger partial charge on any atom is -0.467 e. The number of ether oxygens (including phenoxy) is 1. The molecular formula is C21H24N6O3S. The lowest BCUT2D eigenvalue weighted by atomic mass is 9.92. The van der Waals surface area contributed by atoms with E-state index in [1.54, 1.807) is 12.5 Å². The van der Waals surface area contributed by atoms with Crippen LogP contribution in [0.5, 0.6) is 5.19 Å². The Labute approximate surface area is 183 Å². The van der Waals surface area contributed by atoms with Crippen molar-refractivity contribution in [3.8, 4) is 16.5 Å². The Morgan fingerprint density at radius 1 is 1.13 bits per heavy atom. The number of rotatable bonds is 6. The summed E-state index contributed by atoms with van der Waals surface area (Å²) < 4.78 is 16.6. The molecule has 0 saturated carbocycles. The average molecular weight is 441 g/mol. The van der Waals surface area contributed by atoms with E-state index in [0.717, 1.165) is 53.4 Å². The van der Waals surface area contributed by atoms with E-state index in [0.29, 0.717) is 17.1 Å². The molecule has 1 saturated heterocycles. The maximum Gasteiger partial charge on any atom is 0.324 e. The Bertz CT molecular complexity index is 1150. The summed E-state index contributed by atoms with van der Waals surface area (Å²) in [4.78, 5) is 16.8. The summed E-state index contributed by atoms with van der Waals surface area (Å²) in [6.07, 6.45) is 5.30. The fourth-order valence-corrected chi connectivity index (χ4v) is 4.62. The maximum absolute atomic E-state index is 6.21. The van der Waals surface area contributed by atoms with Crippen LogP contribution in [0.1, 0.15) is 45.4 Å². The number of hydrogen-bond acceptors (Lipinski definition) is 10. The highest BCUT2D eigenvalue weighted by molar-refractivity contribution is 7.19.